The van der Waals surface area contributed by atoms with E-state index in [2.05, 4.69) is 86.2 Å². The summed E-state index contributed by atoms with van der Waals surface area (Å²) in [6.45, 7) is 27.8. The monoisotopic (exact) mass is 444 g/mol. The summed E-state index contributed by atoms with van der Waals surface area (Å²) >= 11 is 0. The van der Waals surface area contributed by atoms with Crippen LogP contribution in [0.3, 0.4) is 0 Å². The van der Waals surface area contributed by atoms with Crippen LogP contribution in [0.4, 0.5) is 0 Å². The van der Waals surface area contributed by atoms with Gasteiger partial charge in [-0.05, 0) is 60.9 Å². The van der Waals surface area contributed by atoms with Crippen molar-refractivity contribution in [2.45, 2.75) is 91.2 Å². The van der Waals surface area contributed by atoms with E-state index in [0.717, 1.165) is 34.5 Å². The van der Waals surface area contributed by atoms with Crippen LogP contribution >= 0.6 is 0 Å². The van der Waals surface area contributed by atoms with Crippen LogP contribution in [-0.2, 0) is 11.2 Å². The Kier molecular flexibility index (Phi) is 8.01. The van der Waals surface area contributed by atoms with E-state index in [1.165, 1.54) is 0 Å². The fourth-order valence-electron chi connectivity index (χ4n) is 2.16. The van der Waals surface area contributed by atoms with E-state index in [1.807, 2.05) is 19.1 Å². The van der Waals surface area contributed by atoms with Crippen LogP contribution in [0.5, 0.6) is 11.5 Å². The molecule has 0 spiro atoms. The number of hydrogen-bond acceptors (Lipinski definition) is 3. The number of carbonyl (C=O) groups is 1. The number of aldehydes is 1. The summed E-state index contributed by atoms with van der Waals surface area (Å²) in [6, 6.07) is 3.91. The highest BCUT2D eigenvalue weighted by atomic mass is 28.4. The first-order chi connectivity index (χ1) is 13.4. The quantitative estimate of drug-likeness (QED) is 0.266. The van der Waals surface area contributed by atoms with Crippen LogP contribution in [0.25, 0.3) is 0 Å². The number of rotatable bonds is 6. The standard InChI is InChI=1S/C25H40O3Si2/c1-19(2)13-14-20-17-23(28-30(11,12)25(6,7)8)21(15-16-26)18-22(20)27-29(9,10)24(3,4)5/h16-18H,1,15H2,2-12H3. The van der Waals surface area contributed by atoms with Crippen molar-refractivity contribution in [1.29, 1.82) is 0 Å². The predicted molar refractivity (Wildman–Crippen MR) is 134 cm³/mol. The molecule has 0 aliphatic heterocycles. The van der Waals surface area contributed by atoms with Crippen molar-refractivity contribution < 1.29 is 13.6 Å². The normalized spacial score (nSPS) is 12.6. The molecule has 1 rings (SSSR count). The first-order valence-electron chi connectivity index (χ1n) is 10.6. The van der Waals surface area contributed by atoms with E-state index in [9.17, 15) is 4.79 Å². The summed E-state index contributed by atoms with van der Waals surface area (Å²) < 4.78 is 13.2. The molecule has 0 bridgehead atoms. The predicted octanol–water partition coefficient (Wildman–Crippen LogP) is 7.12. The topological polar surface area (TPSA) is 35.5 Å². The minimum Gasteiger partial charge on any atom is -0.543 e. The fourth-order valence-corrected chi connectivity index (χ4v) is 4.23. The second-order valence-corrected chi connectivity index (χ2v) is 20.5. The zero-order valence-electron chi connectivity index (χ0n) is 20.9. The third kappa shape index (κ3) is 6.61. The maximum absolute atomic E-state index is 11.4. The Morgan fingerprint density at radius 2 is 1.43 bits per heavy atom. The Morgan fingerprint density at radius 1 is 0.967 bits per heavy atom. The lowest BCUT2D eigenvalue weighted by atomic mass is 10.1. The highest BCUT2D eigenvalue weighted by Gasteiger charge is 2.41. The van der Waals surface area contributed by atoms with Gasteiger partial charge < -0.3 is 13.6 Å². The molecule has 0 N–H and O–H groups in total. The van der Waals surface area contributed by atoms with E-state index in [1.54, 1.807) is 0 Å². The highest BCUT2D eigenvalue weighted by Crippen LogP contribution is 2.42. The van der Waals surface area contributed by atoms with E-state index < -0.39 is 16.6 Å². The highest BCUT2D eigenvalue weighted by molar-refractivity contribution is 6.75. The average molecular weight is 445 g/mol. The van der Waals surface area contributed by atoms with Gasteiger partial charge in [0, 0.05) is 12.0 Å². The minimum absolute atomic E-state index is 0.0469. The van der Waals surface area contributed by atoms with Crippen LogP contribution in [0, 0.1) is 11.8 Å². The van der Waals surface area contributed by atoms with Crippen molar-refractivity contribution in [3.8, 4) is 23.3 Å². The molecule has 166 valence electrons. The average Bonchev–Trinajstić information content (AvgIpc) is 2.53. The lowest BCUT2D eigenvalue weighted by Gasteiger charge is -2.38. The maximum atomic E-state index is 11.4. The third-order valence-electron chi connectivity index (χ3n) is 6.22. The second kappa shape index (κ2) is 9.15. The van der Waals surface area contributed by atoms with Crippen LogP contribution in [-0.4, -0.2) is 22.9 Å². The minimum atomic E-state index is -2.08. The van der Waals surface area contributed by atoms with Crippen molar-refractivity contribution in [1.82, 2.24) is 0 Å². The third-order valence-corrected chi connectivity index (χ3v) is 14.9. The van der Waals surface area contributed by atoms with Crippen LogP contribution < -0.4 is 8.85 Å². The molecule has 1 aromatic carbocycles. The van der Waals surface area contributed by atoms with Gasteiger partial charge in [0.1, 0.15) is 17.8 Å². The number of benzene rings is 1. The smallest absolute Gasteiger partial charge is 0.250 e. The first-order valence-corrected chi connectivity index (χ1v) is 16.4. The SMILES string of the molecule is C=C(C)C#Cc1cc(O[Si](C)(C)C(C)(C)C)c(CC=O)cc1O[Si](C)(C)C(C)(C)C. The van der Waals surface area contributed by atoms with E-state index in [-0.39, 0.29) is 16.5 Å². The summed E-state index contributed by atoms with van der Waals surface area (Å²) in [5.41, 5.74) is 2.42. The van der Waals surface area contributed by atoms with Gasteiger partial charge in [0.15, 0.2) is 0 Å². The molecule has 30 heavy (non-hydrogen) atoms. The van der Waals surface area contributed by atoms with Crippen LogP contribution in [0.15, 0.2) is 24.3 Å². The first kappa shape index (κ1) is 26.3. The van der Waals surface area contributed by atoms with E-state index in [4.69, 9.17) is 8.85 Å². The molecule has 0 aromatic heterocycles. The molecule has 0 radical (unpaired) electrons. The van der Waals surface area contributed by atoms with Crippen molar-refractivity contribution in [2.24, 2.45) is 0 Å². The number of hydrogen-bond donors (Lipinski definition) is 0. The zero-order chi connectivity index (χ0) is 23.5. The number of carbonyl (C=O) groups excluding carboxylic acids is 1. The molecule has 0 saturated heterocycles. The van der Waals surface area contributed by atoms with Gasteiger partial charge in [-0.15, -0.1) is 0 Å². The Bertz CT molecular complexity index is 857. The molecule has 5 heteroatoms. The van der Waals surface area contributed by atoms with Crippen LogP contribution in [0.2, 0.25) is 36.3 Å². The lowest BCUT2D eigenvalue weighted by Crippen LogP contribution is -2.44. The molecular formula is C25H40O3Si2. The van der Waals surface area contributed by atoms with Gasteiger partial charge in [0.25, 0.3) is 8.32 Å². The Labute approximate surface area is 186 Å². The molecule has 0 amide bonds. The molecule has 0 saturated carbocycles. The van der Waals surface area contributed by atoms with Crippen molar-refractivity contribution in [3.63, 3.8) is 0 Å². The largest absolute Gasteiger partial charge is 0.543 e. The van der Waals surface area contributed by atoms with Crippen molar-refractivity contribution in [3.05, 3.63) is 35.4 Å². The molecule has 1 aromatic rings. The van der Waals surface area contributed by atoms with Gasteiger partial charge in [-0.3, -0.25) is 0 Å². The van der Waals surface area contributed by atoms with E-state index >= 15 is 0 Å². The van der Waals surface area contributed by atoms with Gasteiger partial charge >= 0.3 is 0 Å². The summed E-state index contributed by atoms with van der Waals surface area (Å²) in [4.78, 5) is 11.4. The second-order valence-electron chi connectivity index (χ2n) is 11.1. The summed E-state index contributed by atoms with van der Waals surface area (Å²) in [6.07, 6.45) is 1.20. The number of allylic oxidation sites excluding steroid dienone is 1. The van der Waals surface area contributed by atoms with Gasteiger partial charge in [-0.1, -0.05) is 60.0 Å². The van der Waals surface area contributed by atoms with Crippen LogP contribution in [0.1, 0.15) is 59.6 Å². The summed E-state index contributed by atoms with van der Waals surface area (Å²) in [5, 5.41) is 0.0957. The van der Waals surface area contributed by atoms with Gasteiger partial charge in [-0.25, -0.2) is 0 Å². The lowest BCUT2D eigenvalue weighted by molar-refractivity contribution is -0.107. The van der Waals surface area contributed by atoms with Gasteiger partial charge in [0.2, 0.25) is 8.32 Å². The Morgan fingerprint density at radius 3 is 1.83 bits per heavy atom. The molecule has 0 heterocycles. The van der Waals surface area contributed by atoms with Crippen molar-refractivity contribution >= 4 is 22.9 Å². The van der Waals surface area contributed by atoms with Crippen molar-refractivity contribution in [2.75, 3.05) is 0 Å². The zero-order valence-corrected chi connectivity index (χ0v) is 22.9. The Balaban J connectivity index is 3.67. The summed E-state index contributed by atoms with van der Waals surface area (Å²) in [7, 11) is -4.17. The van der Waals surface area contributed by atoms with E-state index in [0.29, 0.717) is 0 Å². The molecular weight excluding hydrogens is 404 g/mol. The molecule has 0 aliphatic rings. The molecule has 0 unspecified atom stereocenters. The molecule has 0 aliphatic carbocycles. The maximum Gasteiger partial charge on any atom is 0.250 e. The fraction of sp³-hybridized carbons (Fsp3) is 0.560. The molecule has 3 nitrogen and oxygen atoms in total. The van der Waals surface area contributed by atoms with Gasteiger partial charge in [0.05, 0.1) is 5.56 Å². The summed E-state index contributed by atoms with van der Waals surface area (Å²) in [5.74, 6) is 7.76. The Hall–Kier alpha value is -1.78. The van der Waals surface area contributed by atoms with Gasteiger partial charge in [-0.2, -0.15) is 0 Å². The molecule has 0 fully saturated rings. The molecule has 0 atom stereocenters.